The van der Waals surface area contributed by atoms with Crippen molar-refractivity contribution in [2.45, 2.75) is 43.3 Å². The van der Waals surface area contributed by atoms with E-state index in [1.807, 2.05) is 0 Å². The van der Waals surface area contributed by atoms with Crippen molar-refractivity contribution in [2.75, 3.05) is 19.6 Å². The largest absolute Gasteiger partial charge is 0.370 e. The Labute approximate surface area is 147 Å². The summed E-state index contributed by atoms with van der Waals surface area (Å²) in [4.78, 5) is 11.5. The van der Waals surface area contributed by atoms with Gasteiger partial charge in [-0.1, -0.05) is 0 Å². The molecule has 1 amide bonds. The molecule has 3 fully saturated rings. The molecule has 4 atom stereocenters. The number of rotatable bonds is 4. The fourth-order valence-corrected chi connectivity index (χ4v) is 6.45. The summed E-state index contributed by atoms with van der Waals surface area (Å²) in [5, 5.41) is 6.95. The van der Waals surface area contributed by atoms with Crippen LogP contribution in [0.3, 0.4) is 0 Å². The van der Waals surface area contributed by atoms with Gasteiger partial charge in [0, 0.05) is 45.4 Å². The smallest absolute Gasteiger partial charge is 0.246 e. The lowest BCUT2D eigenvalue weighted by molar-refractivity contribution is -0.119. The first kappa shape index (κ1) is 17.0. The molecule has 1 aromatic heterocycles. The van der Waals surface area contributed by atoms with Crippen LogP contribution in [-0.2, 0) is 26.6 Å². The van der Waals surface area contributed by atoms with Gasteiger partial charge in [-0.05, 0) is 19.8 Å². The van der Waals surface area contributed by atoms with Gasteiger partial charge in [0.25, 0.3) is 0 Å². The molecule has 1 aromatic rings. The minimum atomic E-state index is -3.59. The first-order valence-corrected chi connectivity index (χ1v) is 10.1. The molecule has 0 saturated carbocycles. The zero-order valence-electron chi connectivity index (χ0n) is 14.7. The summed E-state index contributed by atoms with van der Waals surface area (Å²) >= 11 is 0. The molecule has 4 rings (SSSR count). The number of carbonyl (C=O) groups is 1. The Bertz CT molecular complexity index is 820. The van der Waals surface area contributed by atoms with Gasteiger partial charge in [-0.3, -0.25) is 9.48 Å². The molecular weight excluding hydrogens is 344 g/mol. The number of sulfonamides is 1. The van der Waals surface area contributed by atoms with Crippen LogP contribution in [0, 0.1) is 18.8 Å². The molecule has 4 heterocycles. The average Bonchev–Trinajstić information content (AvgIpc) is 3.26. The van der Waals surface area contributed by atoms with Crippen LogP contribution in [0.1, 0.15) is 25.5 Å². The topological polar surface area (TPSA) is 93.5 Å². The van der Waals surface area contributed by atoms with Crippen molar-refractivity contribution in [3.05, 3.63) is 11.9 Å². The molecule has 0 aromatic carbocycles. The van der Waals surface area contributed by atoms with Gasteiger partial charge in [-0.2, -0.15) is 9.40 Å². The lowest BCUT2D eigenvalue weighted by Gasteiger charge is -2.29. The number of carbonyl (C=O) groups excluding carboxylic acids is 1. The standard InChI is InChI=1S/C16H24N4O4S/c1-10-15(7-18-19(10)3)25(22,23)20-8-13-12(6-17-11(2)21)14-4-5-16(13,9-20)24-14/h7,12-14H,4-6,8-9H2,1-3H3,(H,17,21)/t12-,13+,14+,16+/m0/s1. The van der Waals surface area contributed by atoms with Gasteiger partial charge in [-0.15, -0.1) is 0 Å². The average molecular weight is 368 g/mol. The van der Waals surface area contributed by atoms with Crippen molar-refractivity contribution in [1.29, 1.82) is 0 Å². The molecule has 25 heavy (non-hydrogen) atoms. The SMILES string of the molecule is CC(=O)NC[C@H]1[C@H]2CN(S(=O)(=O)c3cnn(C)c3C)C[C@]23CC[C@H]1O3. The second-order valence-electron chi connectivity index (χ2n) is 7.48. The highest BCUT2D eigenvalue weighted by Gasteiger charge is 2.64. The summed E-state index contributed by atoms with van der Waals surface area (Å²) in [5.74, 6) is 0.239. The number of aryl methyl sites for hydroxylation is 1. The molecule has 2 bridgehead atoms. The van der Waals surface area contributed by atoms with E-state index in [-0.39, 0.29) is 28.7 Å². The van der Waals surface area contributed by atoms with Gasteiger partial charge in [-0.25, -0.2) is 8.42 Å². The number of nitrogens with one attached hydrogen (secondary N) is 1. The molecule has 3 saturated heterocycles. The summed E-state index contributed by atoms with van der Waals surface area (Å²) in [6.07, 6.45) is 3.36. The van der Waals surface area contributed by atoms with E-state index in [2.05, 4.69) is 10.4 Å². The first-order valence-electron chi connectivity index (χ1n) is 8.65. The van der Waals surface area contributed by atoms with Gasteiger partial charge < -0.3 is 10.1 Å². The maximum atomic E-state index is 13.1. The van der Waals surface area contributed by atoms with E-state index in [1.54, 1.807) is 23.0 Å². The molecule has 3 aliphatic rings. The van der Waals surface area contributed by atoms with E-state index in [0.717, 1.165) is 12.8 Å². The zero-order chi connectivity index (χ0) is 18.0. The minimum Gasteiger partial charge on any atom is -0.370 e. The summed E-state index contributed by atoms with van der Waals surface area (Å²) < 4.78 is 35.5. The predicted molar refractivity (Wildman–Crippen MR) is 89.2 cm³/mol. The van der Waals surface area contributed by atoms with E-state index in [9.17, 15) is 13.2 Å². The van der Waals surface area contributed by atoms with Crippen molar-refractivity contribution >= 4 is 15.9 Å². The van der Waals surface area contributed by atoms with E-state index in [4.69, 9.17) is 4.74 Å². The van der Waals surface area contributed by atoms with Gasteiger partial charge >= 0.3 is 0 Å². The maximum Gasteiger partial charge on any atom is 0.246 e. The third-order valence-corrected chi connectivity index (χ3v) is 8.06. The van der Waals surface area contributed by atoms with Gasteiger partial charge in [0.05, 0.1) is 23.6 Å². The summed E-state index contributed by atoms with van der Waals surface area (Å²) in [6.45, 7) is 4.64. The summed E-state index contributed by atoms with van der Waals surface area (Å²) in [5.41, 5.74) is 0.242. The first-order chi connectivity index (χ1) is 11.7. The Morgan fingerprint density at radius 3 is 2.92 bits per heavy atom. The highest BCUT2D eigenvalue weighted by Crippen LogP contribution is 2.55. The van der Waals surface area contributed by atoms with Crippen LogP contribution >= 0.6 is 0 Å². The van der Waals surface area contributed by atoms with Crippen LogP contribution in [0.5, 0.6) is 0 Å². The molecule has 1 N–H and O–H groups in total. The van der Waals surface area contributed by atoms with Crippen LogP contribution in [-0.4, -0.2) is 59.7 Å². The van der Waals surface area contributed by atoms with Crippen LogP contribution in [0.15, 0.2) is 11.1 Å². The molecule has 0 radical (unpaired) electrons. The van der Waals surface area contributed by atoms with Crippen molar-refractivity contribution < 1.29 is 17.9 Å². The molecule has 0 unspecified atom stereocenters. The molecule has 3 aliphatic heterocycles. The monoisotopic (exact) mass is 368 g/mol. The Hall–Kier alpha value is -1.45. The van der Waals surface area contributed by atoms with Gasteiger partial charge in [0.1, 0.15) is 4.90 Å². The number of amides is 1. The lowest BCUT2D eigenvalue weighted by atomic mass is 9.73. The predicted octanol–water partition coefficient (Wildman–Crippen LogP) is 0.0327. The molecular formula is C16H24N4O4S. The highest BCUT2D eigenvalue weighted by molar-refractivity contribution is 7.89. The van der Waals surface area contributed by atoms with Crippen LogP contribution in [0.2, 0.25) is 0 Å². The third kappa shape index (κ3) is 2.43. The molecule has 138 valence electrons. The van der Waals surface area contributed by atoms with Crippen molar-refractivity contribution in [3.63, 3.8) is 0 Å². The number of hydrogen-bond donors (Lipinski definition) is 1. The number of ether oxygens (including phenoxy) is 1. The van der Waals surface area contributed by atoms with E-state index in [0.29, 0.717) is 25.3 Å². The number of fused-ring (bicyclic) bond motifs is 1. The number of aromatic nitrogens is 2. The highest BCUT2D eigenvalue weighted by atomic mass is 32.2. The quantitative estimate of drug-likeness (QED) is 0.809. The molecule has 0 aliphatic carbocycles. The Kier molecular flexibility index (Phi) is 3.75. The lowest BCUT2D eigenvalue weighted by Crippen LogP contribution is -2.41. The second-order valence-corrected chi connectivity index (χ2v) is 9.39. The van der Waals surface area contributed by atoms with Crippen LogP contribution in [0.4, 0.5) is 0 Å². The number of nitrogens with zero attached hydrogens (tertiary/aromatic N) is 3. The second kappa shape index (κ2) is 5.52. The van der Waals surface area contributed by atoms with Crippen LogP contribution in [0.25, 0.3) is 0 Å². The Balaban J connectivity index is 1.60. The molecule has 9 heteroatoms. The van der Waals surface area contributed by atoms with Crippen molar-refractivity contribution in [2.24, 2.45) is 18.9 Å². The number of hydrogen-bond acceptors (Lipinski definition) is 5. The van der Waals surface area contributed by atoms with Gasteiger partial charge in [0.15, 0.2) is 0 Å². The Morgan fingerprint density at radius 1 is 1.52 bits per heavy atom. The fourth-order valence-electron chi connectivity index (χ4n) is 4.74. The van der Waals surface area contributed by atoms with E-state index < -0.39 is 15.6 Å². The summed E-state index contributed by atoms with van der Waals surface area (Å²) in [6, 6.07) is 0. The zero-order valence-corrected chi connectivity index (χ0v) is 15.5. The Morgan fingerprint density at radius 2 is 2.28 bits per heavy atom. The molecule has 8 nitrogen and oxygen atoms in total. The fraction of sp³-hybridized carbons (Fsp3) is 0.750. The third-order valence-electron chi connectivity index (χ3n) is 6.15. The van der Waals surface area contributed by atoms with Crippen LogP contribution < -0.4 is 5.32 Å². The van der Waals surface area contributed by atoms with E-state index in [1.165, 1.54) is 13.1 Å². The minimum absolute atomic E-state index is 0.0646. The van der Waals surface area contributed by atoms with Crippen molar-refractivity contribution in [3.8, 4) is 0 Å². The molecule has 1 spiro atoms. The maximum absolute atomic E-state index is 13.1. The summed E-state index contributed by atoms with van der Waals surface area (Å²) in [7, 11) is -1.86. The van der Waals surface area contributed by atoms with Crippen molar-refractivity contribution in [1.82, 2.24) is 19.4 Å². The normalized spacial score (nSPS) is 34.4. The van der Waals surface area contributed by atoms with E-state index >= 15 is 0 Å². The van der Waals surface area contributed by atoms with Gasteiger partial charge in [0.2, 0.25) is 15.9 Å².